The quantitative estimate of drug-likeness (QED) is 0.365. The second kappa shape index (κ2) is 6.85. The molecule has 0 saturated heterocycles. The first kappa shape index (κ1) is 18.1. The van der Waals surface area contributed by atoms with E-state index in [1.807, 2.05) is 13.8 Å². The molecule has 0 radical (unpaired) electrons. The molecule has 4 N–H and O–H groups in total. The summed E-state index contributed by atoms with van der Waals surface area (Å²) in [6.07, 6.45) is 2.96. The summed E-state index contributed by atoms with van der Waals surface area (Å²) in [5.41, 5.74) is 0.598. The van der Waals surface area contributed by atoms with Crippen LogP contribution in [0.1, 0.15) is 19.4 Å². The monoisotopic (exact) mass is 334 g/mol. The topological polar surface area (TPSA) is 119 Å². The molecular formula is C12H18NO6P2+. The minimum Gasteiger partial charge on any atom is -0.324 e. The van der Waals surface area contributed by atoms with Crippen LogP contribution in [0.5, 0.6) is 0 Å². The molecule has 0 bridgehead atoms. The summed E-state index contributed by atoms with van der Waals surface area (Å²) in [4.78, 5) is 36.4. The van der Waals surface area contributed by atoms with Crippen molar-refractivity contribution in [3.8, 4) is 11.8 Å². The summed E-state index contributed by atoms with van der Waals surface area (Å²) in [6, 6.07) is 3.30. The van der Waals surface area contributed by atoms with Gasteiger partial charge in [-0.1, -0.05) is 25.7 Å². The van der Waals surface area contributed by atoms with Gasteiger partial charge in [0.25, 0.3) is 0 Å². The Labute approximate surface area is 123 Å². The highest BCUT2D eigenvalue weighted by molar-refractivity contribution is 7.70. The largest absolute Gasteiger partial charge is 0.347 e. The molecule has 1 aromatic rings. The van der Waals surface area contributed by atoms with Crippen molar-refractivity contribution in [3.05, 3.63) is 30.1 Å². The van der Waals surface area contributed by atoms with Gasteiger partial charge >= 0.3 is 15.2 Å². The van der Waals surface area contributed by atoms with Gasteiger partial charge in [0.05, 0.1) is 5.56 Å². The third-order valence-electron chi connectivity index (χ3n) is 2.51. The number of pyridine rings is 1. The lowest BCUT2D eigenvalue weighted by Gasteiger charge is -2.16. The average molecular weight is 334 g/mol. The van der Waals surface area contributed by atoms with E-state index in [0.29, 0.717) is 5.56 Å². The number of nitrogens with zero attached hydrogens (tertiary/aromatic N) is 1. The van der Waals surface area contributed by atoms with Crippen LogP contribution in [0.15, 0.2) is 24.5 Å². The van der Waals surface area contributed by atoms with Gasteiger partial charge in [0.1, 0.15) is 0 Å². The third kappa shape index (κ3) is 6.11. The van der Waals surface area contributed by atoms with Crippen molar-refractivity contribution in [2.24, 2.45) is 5.92 Å². The Morgan fingerprint density at radius 2 is 1.76 bits per heavy atom. The van der Waals surface area contributed by atoms with E-state index in [1.54, 1.807) is 12.1 Å². The zero-order valence-corrected chi connectivity index (χ0v) is 13.4. The molecule has 0 aliphatic carbocycles. The maximum Gasteiger partial charge on any atom is 0.347 e. The van der Waals surface area contributed by atoms with Crippen LogP contribution >= 0.6 is 15.2 Å². The fourth-order valence-corrected chi connectivity index (χ4v) is 3.90. The summed E-state index contributed by atoms with van der Waals surface area (Å²) < 4.78 is 23.8. The van der Waals surface area contributed by atoms with E-state index in [9.17, 15) is 9.13 Å². The van der Waals surface area contributed by atoms with Crippen molar-refractivity contribution < 1.29 is 33.3 Å². The van der Waals surface area contributed by atoms with Crippen molar-refractivity contribution in [2.75, 3.05) is 0 Å². The van der Waals surface area contributed by atoms with Crippen molar-refractivity contribution >= 4 is 15.2 Å². The van der Waals surface area contributed by atoms with Crippen molar-refractivity contribution in [1.82, 2.24) is 0 Å². The molecule has 21 heavy (non-hydrogen) atoms. The first-order chi connectivity index (χ1) is 9.50. The van der Waals surface area contributed by atoms with Gasteiger partial charge in [-0.05, 0) is 6.07 Å². The van der Waals surface area contributed by atoms with E-state index in [2.05, 4.69) is 11.8 Å². The van der Waals surface area contributed by atoms with Crippen molar-refractivity contribution in [1.29, 1.82) is 0 Å². The van der Waals surface area contributed by atoms with Crippen LogP contribution in [0.2, 0.25) is 0 Å². The number of aromatic nitrogens is 1. The lowest BCUT2D eigenvalue weighted by atomic mass is 10.2. The van der Waals surface area contributed by atoms with Gasteiger partial charge in [0.15, 0.2) is 18.9 Å². The Kier molecular flexibility index (Phi) is 5.89. The summed E-state index contributed by atoms with van der Waals surface area (Å²) in [5, 5.41) is -2.07. The Balaban J connectivity index is 3.07. The molecule has 0 saturated carbocycles. The molecule has 116 valence electrons. The number of hydrogen-bond acceptors (Lipinski definition) is 2. The Morgan fingerprint density at radius 1 is 1.19 bits per heavy atom. The Bertz CT molecular complexity index is 629. The van der Waals surface area contributed by atoms with E-state index >= 15 is 0 Å². The second-order valence-electron chi connectivity index (χ2n) is 4.87. The van der Waals surface area contributed by atoms with E-state index in [1.165, 1.54) is 17.0 Å². The minimum absolute atomic E-state index is 0.164. The van der Waals surface area contributed by atoms with Gasteiger partial charge in [-0.25, -0.2) is 4.57 Å². The summed E-state index contributed by atoms with van der Waals surface area (Å²) >= 11 is 0. The van der Waals surface area contributed by atoms with Crippen LogP contribution < -0.4 is 4.57 Å². The maximum atomic E-state index is 11.2. The molecule has 0 fully saturated rings. The smallest absolute Gasteiger partial charge is 0.324 e. The fourth-order valence-electron chi connectivity index (χ4n) is 1.53. The SMILES string of the molecule is CC(C)C#Cc1ccc[n+](CC(P(=O)(O)O)P(=O)(O)O)c1. The van der Waals surface area contributed by atoms with Gasteiger partial charge in [-0.15, -0.1) is 0 Å². The zero-order chi connectivity index (χ0) is 16.3. The van der Waals surface area contributed by atoms with Gasteiger partial charge in [-0.2, -0.15) is 0 Å². The van der Waals surface area contributed by atoms with Crippen LogP contribution in [0.4, 0.5) is 0 Å². The highest BCUT2D eigenvalue weighted by Gasteiger charge is 2.46. The average Bonchev–Trinajstić information content (AvgIpc) is 2.31. The molecule has 0 atom stereocenters. The first-order valence-corrected chi connectivity index (χ1v) is 9.47. The Hall–Kier alpha value is -0.990. The van der Waals surface area contributed by atoms with E-state index < -0.39 is 27.1 Å². The van der Waals surface area contributed by atoms with Crippen LogP contribution in [0.3, 0.4) is 0 Å². The molecule has 0 aliphatic rings. The van der Waals surface area contributed by atoms with E-state index in [-0.39, 0.29) is 5.92 Å². The van der Waals surface area contributed by atoms with Crippen LogP contribution in [-0.4, -0.2) is 25.0 Å². The van der Waals surface area contributed by atoms with Gasteiger partial charge < -0.3 is 19.6 Å². The standard InChI is InChI=1S/C12H17NO6P2/c1-10(2)5-6-11-4-3-7-13(8-11)9-12(20(14,15)16)21(17,18)19/h3-4,7-8,10,12H,9H2,1-2H3,(H3-,14,15,16,17,18,19)/p+1. The van der Waals surface area contributed by atoms with E-state index in [0.717, 1.165) is 0 Å². The summed E-state index contributed by atoms with van der Waals surface area (Å²) in [6.45, 7) is 3.34. The fraction of sp³-hybridized carbons (Fsp3) is 0.417. The van der Waals surface area contributed by atoms with Gasteiger partial charge in [0, 0.05) is 12.0 Å². The minimum atomic E-state index is -4.93. The molecule has 7 nitrogen and oxygen atoms in total. The highest BCUT2D eigenvalue weighted by Crippen LogP contribution is 2.59. The molecule has 1 rings (SSSR count). The highest BCUT2D eigenvalue weighted by atomic mass is 31.2. The molecule has 0 spiro atoms. The molecule has 0 unspecified atom stereocenters. The molecule has 0 aromatic carbocycles. The second-order valence-corrected chi connectivity index (χ2v) is 8.88. The molecule has 0 amide bonds. The van der Waals surface area contributed by atoms with Crippen LogP contribution in [0.25, 0.3) is 0 Å². The van der Waals surface area contributed by atoms with Crippen LogP contribution in [-0.2, 0) is 15.7 Å². The summed E-state index contributed by atoms with van der Waals surface area (Å²) in [5.74, 6) is 5.97. The molecular weight excluding hydrogens is 316 g/mol. The van der Waals surface area contributed by atoms with Gasteiger partial charge in [0.2, 0.25) is 5.40 Å². The Morgan fingerprint density at radius 3 is 2.24 bits per heavy atom. The molecule has 0 aliphatic heterocycles. The number of rotatable bonds is 4. The number of hydrogen-bond donors (Lipinski definition) is 4. The molecule has 1 aromatic heterocycles. The summed E-state index contributed by atoms with van der Waals surface area (Å²) in [7, 11) is -9.86. The molecule has 1 heterocycles. The van der Waals surface area contributed by atoms with Gasteiger partial charge in [-0.3, -0.25) is 9.13 Å². The lowest BCUT2D eigenvalue weighted by Crippen LogP contribution is -2.39. The predicted octanol–water partition coefficient (Wildman–Crippen LogP) is 0.663. The normalized spacial score (nSPS) is 12.4. The van der Waals surface area contributed by atoms with Crippen molar-refractivity contribution in [2.45, 2.75) is 25.8 Å². The predicted molar refractivity (Wildman–Crippen MR) is 76.2 cm³/mol. The first-order valence-electron chi connectivity index (χ1n) is 6.11. The maximum absolute atomic E-state index is 11.2. The third-order valence-corrected chi connectivity index (χ3v) is 6.20. The van der Waals surface area contributed by atoms with Crippen molar-refractivity contribution in [3.63, 3.8) is 0 Å². The van der Waals surface area contributed by atoms with E-state index in [4.69, 9.17) is 19.6 Å². The lowest BCUT2D eigenvalue weighted by molar-refractivity contribution is -0.694. The van der Waals surface area contributed by atoms with Crippen LogP contribution in [0, 0.1) is 17.8 Å². The zero-order valence-electron chi connectivity index (χ0n) is 11.6. The molecule has 9 heteroatoms.